The van der Waals surface area contributed by atoms with E-state index in [1.165, 1.54) is 11.1 Å². The standard InChI is InChI=1S/C18H33N3/c1-15(2)13-21(12-11-20(5)6)14-18(19-4)17-9-7-16(3)8-10-17/h7-10,15,18-19H,11-14H2,1-6H3. The van der Waals surface area contributed by atoms with Gasteiger partial charge in [0.2, 0.25) is 0 Å². The summed E-state index contributed by atoms with van der Waals surface area (Å²) >= 11 is 0. The van der Waals surface area contributed by atoms with Crippen molar-refractivity contribution in [1.29, 1.82) is 0 Å². The largest absolute Gasteiger partial charge is 0.312 e. The van der Waals surface area contributed by atoms with Gasteiger partial charge in [-0.1, -0.05) is 43.7 Å². The smallest absolute Gasteiger partial charge is 0.0446 e. The predicted octanol–water partition coefficient (Wildman–Crippen LogP) is 2.78. The molecule has 1 aromatic rings. The van der Waals surface area contributed by atoms with Crippen molar-refractivity contribution in [3.8, 4) is 0 Å². The Morgan fingerprint density at radius 1 is 1.00 bits per heavy atom. The van der Waals surface area contributed by atoms with Crippen LogP contribution < -0.4 is 5.32 Å². The third-order valence-corrected chi connectivity index (χ3v) is 3.76. The topological polar surface area (TPSA) is 18.5 Å². The third kappa shape index (κ3) is 7.07. The van der Waals surface area contributed by atoms with E-state index in [2.05, 4.69) is 81.3 Å². The second kappa shape index (κ2) is 9.19. The summed E-state index contributed by atoms with van der Waals surface area (Å²) in [7, 11) is 6.34. The van der Waals surface area contributed by atoms with Gasteiger partial charge in [-0.05, 0) is 39.5 Å². The van der Waals surface area contributed by atoms with Crippen molar-refractivity contribution in [3.63, 3.8) is 0 Å². The van der Waals surface area contributed by atoms with Crippen LogP contribution in [0.1, 0.15) is 31.0 Å². The fraction of sp³-hybridized carbons (Fsp3) is 0.667. The number of nitrogens with one attached hydrogen (secondary N) is 1. The van der Waals surface area contributed by atoms with Gasteiger partial charge in [0.05, 0.1) is 0 Å². The molecule has 0 spiro atoms. The monoisotopic (exact) mass is 291 g/mol. The first-order chi connectivity index (χ1) is 9.92. The van der Waals surface area contributed by atoms with Crippen LogP contribution in [0.3, 0.4) is 0 Å². The lowest BCUT2D eigenvalue weighted by atomic mass is 10.0. The van der Waals surface area contributed by atoms with E-state index < -0.39 is 0 Å². The summed E-state index contributed by atoms with van der Waals surface area (Å²) in [5, 5.41) is 3.47. The lowest BCUT2D eigenvalue weighted by Crippen LogP contribution is -2.39. The van der Waals surface area contributed by atoms with Crippen LogP contribution in [0.4, 0.5) is 0 Å². The van der Waals surface area contributed by atoms with Crippen molar-refractivity contribution in [3.05, 3.63) is 35.4 Å². The summed E-state index contributed by atoms with van der Waals surface area (Å²) in [5.74, 6) is 0.697. The number of rotatable bonds is 9. The molecule has 1 aromatic carbocycles. The highest BCUT2D eigenvalue weighted by molar-refractivity contribution is 5.24. The Morgan fingerprint density at radius 2 is 1.62 bits per heavy atom. The number of nitrogens with zero attached hydrogens (tertiary/aromatic N) is 2. The maximum atomic E-state index is 3.47. The van der Waals surface area contributed by atoms with E-state index in [9.17, 15) is 0 Å². The van der Waals surface area contributed by atoms with Crippen molar-refractivity contribution >= 4 is 0 Å². The molecule has 1 rings (SSSR count). The third-order valence-electron chi connectivity index (χ3n) is 3.76. The van der Waals surface area contributed by atoms with Gasteiger partial charge in [-0.25, -0.2) is 0 Å². The molecule has 1 unspecified atom stereocenters. The Morgan fingerprint density at radius 3 is 2.10 bits per heavy atom. The average molecular weight is 291 g/mol. The van der Waals surface area contributed by atoms with Gasteiger partial charge in [0, 0.05) is 32.2 Å². The first kappa shape index (κ1) is 18.1. The predicted molar refractivity (Wildman–Crippen MR) is 92.8 cm³/mol. The molecule has 21 heavy (non-hydrogen) atoms. The van der Waals surface area contributed by atoms with Gasteiger partial charge >= 0.3 is 0 Å². The van der Waals surface area contributed by atoms with Gasteiger partial charge in [-0.15, -0.1) is 0 Å². The van der Waals surface area contributed by atoms with E-state index in [0.29, 0.717) is 12.0 Å². The summed E-state index contributed by atoms with van der Waals surface area (Å²) < 4.78 is 0. The maximum absolute atomic E-state index is 3.47. The number of hydrogen-bond acceptors (Lipinski definition) is 3. The van der Waals surface area contributed by atoms with Crippen LogP contribution in [0.15, 0.2) is 24.3 Å². The molecule has 0 aliphatic rings. The van der Waals surface area contributed by atoms with Crippen LogP contribution >= 0.6 is 0 Å². The molecule has 0 amide bonds. The second-order valence-electron chi connectivity index (χ2n) is 6.71. The molecule has 3 heteroatoms. The van der Waals surface area contributed by atoms with E-state index >= 15 is 0 Å². The summed E-state index contributed by atoms with van der Waals surface area (Å²) in [6, 6.07) is 9.29. The molecule has 120 valence electrons. The van der Waals surface area contributed by atoms with Gasteiger partial charge in [0.25, 0.3) is 0 Å². The van der Waals surface area contributed by atoms with Crippen LogP contribution in [0.5, 0.6) is 0 Å². The normalized spacial score (nSPS) is 13.4. The van der Waals surface area contributed by atoms with Gasteiger partial charge in [0.1, 0.15) is 0 Å². The average Bonchev–Trinajstić information content (AvgIpc) is 2.42. The molecule has 0 saturated heterocycles. The summed E-state index contributed by atoms with van der Waals surface area (Å²) in [6.45, 7) is 11.2. The summed E-state index contributed by atoms with van der Waals surface area (Å²) in [6.07, 6.45) is 0. The molecular formula is C18H33N3. The lowest BCUT2D eigenvalue weighted by molar-refractivity contribution is 0.201. The van der Waals surface area contributed by atoms with Gasteiger partial charge in [-0.2, -0.15) is 0 Å². The van der Waals surface area contributed by atoms with Crippen LogP contribution in [0.2, 0.25) is 0 Å². The van der Waals surface area contributed by atoms with Crippen LogP contribution in [-0.4, -0.2) is 57.1 Å². The molecule has 3 nitrogen and oxygen atoms in total. The van der Waals surface area contributed by atoms with E-state index in [0.717, 1.165) is 26.2 Å². The van der Waals surface area contributed by atoms with Crippen molar-refractivity contribution in [2.75, 3.05) is 47.3 Å². The molecule has 0 fully saturated rings. The number of benzene rings is 1. The number of hydrogen-bond donors (Lipinski definition) is 1. The SMILES string of the molecule is CNC(CN(CCN(C)C)CC(C)C)c1ccc(C)cc1. The van der Waals surface area contributed by atoms with E-state index in [1.54, 1.807) is 0 Å². The molecule has 1 atom stereocenters. The van der Waals surface area contributed by atoms with E-state index in [4.69, 9.17) is 0 Å². The van der Waals surface area contributed by atoms with Gasteiger partial charge < -0.3 is 10.2 Å². The highest BCUT2D eigenvalue weighted by Gasteiger charge is 2.15. The zero-order chi connectivity index (χ0) is 15.8. The molecule has 0 heterocycles. The van der Waals surface area contributed by atoms with Crippen LogP contribution in [0, 0.1) is 12.8 Å². The number of likely N-dealkylation sites (N-methyl/N-ethyl adjacent to an activating group) is 2. The van der Waals surface area contributed by atoms with Crippen LogP contribution in [0.25, 0.3) is 0 Å². The highest BCUT2D eigenvalue weighted by Crippen LogP contribution is 2.16. The second-order valence-corrected chi connectivity index (χ2v) is 6.71. The first-order valence-corrected chi connectivity index (χ1v) is 8.03. The van der Waals surface area contributed by atoms with Crippen molar-refractivity contribution in [2.45, 2.75) is 26.8 Å². The summed E-state index contributed by atoms with van der Waals surface area (Å²) in [5.41, 5.74) is 2.70. The molecule has 0 aromatic heterocycles. The van der Waals surface area contributed by atoms with Gasteiger partial charge in [0.15, 0.2) is 0 Å². The van der Waals surface area contributed by atoms with Crippen LogP contribution in [-0.2, 0) is 0 Å². The molecule has 0 radical (unpaired) electrons. The molecule has 0 aliphatic heterocycles. The first-order valence-electron chi connectivity index (χ1n) is 8.03. The Kier molecular flexibility index (Phi) is 7.94. The van der Waals surface area contributed by atoms with Gasteiger partial charge in [-0.3, -0.25) is 4.90 Å². The molecule has 0 aliphatic carbocycles. The number of aryl methyl sites for hydroxylation is 1. The van der Waals surface area contributed by atoms with Crippen molar-refractivity contribution < 1.29 is 0 Å². The van der Waals surface area contributed by atoms with E-state index in [-0.39, 0.29) is 0 Å². The molecule has 0 bridgehead atoms. The lowest BCUT2D eigenvalue weighted by Gasteiger charge is -2.30. The molecule has 0 saturated carbocycles. The minimum absolute atomic E-state index is 0.395. The van der Waals surface area contributed by atoms with Crippen molar-refractivity contribution in [1.82, 2.24) is 15.1 Å². The molecule has 1 N–H and O–H groups in total. The zero-order valence-electron chi connectivity index (χ0n) is 14.7. The Balaban J connectivity index is 2.70. The Hall–Kier alpha value is -0.900. The fourth-order valence-electron chi connectivity index (χ4n) is 2.54. The maximum Gasteiger partial charge on any atom is 0.0446 e. The minimum Gasteiger partial charge on any atom is -0.312 e. The zero-order valence-corrected chi connectivity index (χ0v) is 14.7. The summed E-state index contributed by atoms with van der Waals surface area (Å²) in [4.78, 5) is 4.83. The minimum atomic E-state index is 0.395. The Labute approximate surface area is 131 Å². The quantitative estimate of drug-likeness (QED) is 0.755. The highest BCUT2D eigenvalue weighted by atomic mass is 15.2. The Bertz CT molecular complexity index is 384. The fourth-order valence-corrected chi connectivity index (χ4v) is 2.54. The van der Waals surface area contributed by atoms with Crippen molar-refractivity contribution in [2.24, 2.45) is 5.92 Å². The molecular weight excluding hydrogens is 258 g/mol. The van der Waals surface area contributed by atoms with E-state index in [1.807, 2.05) is 0 Å².